The van der Waals surface area contributed by atoms with Crippen LogP contribution in [0.3, 0.4) is 0 Å². The molecule has 0 radical (unpaired) electrons. The minimum atomic E-state index is -1.09. The summed E-state index contributed by atoms with van der Waals surface area (Å²) in [6, 6.07) is 10.6. The fourth-order valence-electron chi connectivity index (χ4n) is 2.61. The van der Waals surface area contributed by atoms with E-state index in [0.29, 0.717) is 38.2 Å². The van der Waals surface area contributed by atoms with Gasteiger partial charge in [-0.1, -0.05) is 0 Å². The number of hydrogen-bond acceptors (Lipinski definition) is 7. The smallest absolute Gasteiger partial charge is 0.341 e. The molecule has 2 aromatic rings. The van der Waals surface area contributed by atoms with Crippen molar-refractivity contribution in [1.82, 2.24) is 5.32 Å². The Labute approximate surface area is 191 Å². The Hall–Kier alpha value is -2.98. The van der Waals surface area contributed by atoms with E-state index in [1.807, 2.05) is 6.92 Å². The predicted octanol–water partition coefficient (Wildman–Crippen LogP) is 4.21. The first kappa shape index (κ1) is 22.7. The van der Waals surface area contributed by atoms with Crippen LogP contribution in [0, 0.1) is 0 Å². The largest absolute Gasteiger partial charge is 0.497 e. The van der Waals surface area contributed by atoms with Crippen LogP contribution in [0.5, 0.6) is 17.2 Å². The Bertz CT molecular complexity index is 1050. The van der Waals surface area contributed by atoms with Gasteiger partial charge in [-0.2, -0.15) is 0 Å². The number of methoxy groups -OCH3 is 1. The fourth-order valence-corrected chi connectivity index (χ4v) is 4.03. The van der Waals surface area contributed by atoms with E-state index in [2.05, 4.69) is 26.2 Å². The minimum Gasteiger partial charge on any atom is -0.497 e. The Morgan fingerprint density at radius 3 is 2.65 bits per heavy atom. The molecule has 0 spiro atoms. The molecule has 2 N–H and O–H groups in total. The summed E-state index contributed by atoms with van der Waals surface area (Å²) < 4.78 is 16.5. The second kappa shape index (κ2) is 10.4. The van der Waals surface area contributed by atoms with E-state index in [0.717, 1.165) is 5.75 Å². The molecule has 31 heavy (non-hydrogen) atoms. The van der Waals surface area contributed by atoms with Gasteiger partial charge in [-0.3, -0.25) is 4.79 Å². The lowest BCUT2D eigenvalue weighted by Crippen LogP contribution is -2.19. The molecular weight excluding hydrogens is 488 g/mol. The first-order valence-corrected chi connectivity index (χ1v) is 10.7. The highest BCUT2D eigenvalue weighted by molar-refractivity contribution is 9.10. The van der Waals surface area contributed by atoms with Gasteiger partial charge in [-0.05, 0) is 82.7 Å². The first-order chi connectivity index (χ1) is 14.9. The standard InChI is InChI=1S/C21H19BrN2O6S/c1-3-29-16-9-12(8-15(22)19(16)30-11-18(25)26)10-17-20(27)24-21(31-17)23-13-4-6-14(28-2)7-5-13/h4-10H,3,11H2,1-2H3,(H,25,26)(H,23,24,27)/b17-10+. The summed E-state index contributed by atoms with van der Waals surface area (Å²) in [5.41, 5.74) is 1.37. The van der Waals surface area contributed by atoms with Crippen molar-refractivity contribution in [3.05, 3.63) is 51.3 Å². The number of carbonyl (C=O) groups is 2. The molecule has 1 fully saturated rings. The van der Waals surface area contributed by atoms with Crippen LogP contribution in [0.1, 0.15) is 12.5 Å². The molecule has 0 aliphatic carbocycles. The van der Waals surface area contributed by atoms with Crippen molar-refractivity contribution in [2.75, 3.05) is 20.3 Å². The van der Waals surface area contributed by atoms with Crippen LogP contribution >= 0.6 is 27.7 Å². The molecule has 1 amide bonds. The number of rotatable bonds is 8. The molecule has 0 atom stereocenters. The molecule has 1 aliphatic rings. The third-order valence-electron chi connectivity index (χ3n) is 3.92. The molecule has 1 saturated heterocycles. The summed E-state index contributed by atoms with van der Waals surface area (Å²) in [7, 11) is 1.59. The maximum atomic E-state index is 12.4. The zero-order valence-corrected chi connectivity index (χ0v) is 19.1. The summed E-state index contributed by atoms with van der Waals surface area (Å²) in [6.07, 6.45) is 1.70. The Morgan fingerprint density at radius 2 is 2.00 bits per heavy atom. The summed E-state index contributed by atoms with van der Waals surface area (Å²) >= 11 is 4.60. The van der Waals surface area contributed by atoms with Crippen molar-refractivity contribution in [3.8, 4) is 17.2 Å². The van der Waals surface area contributed by atoms with Crippen LogP contribution in [-0.4, -0.2) is 42.5 Å². The van der Waals surface area contributed by atoms with Gasteiger partial charge >= 0.3 is 5.97 Å². The molecule has 3 rings (SSSR count). The van der Waals surface area contributed by atoms with E-state index in [-0.39, 0.29) is 11.7 Å². The number of aliphatic carboxylic acids is 1. The van der Waals surface area contributed by atoms with Crippen molar-refractivity contribution < 1.29 is 28.9 Å². The fraction of sp³-hybridized carbons (Fsp3) is 0.190. The molecule has 162 valence electrons. The van der Waals surface area contributed by atoms with Gasteiger partial charge in [0.05, 0.1) is 28.8 Å². The van der Waals surface area contributed by atoms with Crippen LogP contribution in [0.25, 0.3) is 6.08 Å². The van der Waals surface area contributed by atoms with Gasteiger partial charge in [-0.25, -0.2) is 9.79 Å². The number of ether oxygens (including phenoxy) is 3. The first-order valence-electron chi connectivity index (χ1n) is 9.14. The maximum Gasteiger partial charge on any atom is 0.341 e. The third kappa shape index (κ3) is 6.02. The Balaban J connectivity index is 1.83. The van der Waals surface area contributed by atoms with Gasteiger partial charge in [0.15, 0.2) is 23.3 Å². The zero-order chi connectivity index (χ0) is 22.4. The minimum absolute atomic E-state index is 0.266. The number of amidine groups is 1. The van der Waals surface area contributed by atoms with Gasteiger partial charge in [-0.15, -0.1) is 0 Å². The lowest BCUT2D eigenvalue weighted by molar-refractivity contribution is -0.139. The maximum absolute atomic E-state index is 12.4. The van der Waals surface area contributed by atoms with Gasteiger partial charge in [0, 0.05) is 0 Å². The summed E-state index contributed by atoms with van der Waals surface area (Å²) in [5, 5.41) is 12.1. The molecule has 2 aromatic carbocycles. The van der Waals surface area contributed by atoms with Crippen LogP contribution in [0.2, 0.25) is 0 Å². The van der Waals surface area contributed by atoms with E-state index < -0.39 is 12.6 Å². The van der Waals surface area contributed by atoms with E-state index in [9.17, 15) is 9.59 Å². The predicted molar refractivity (Wildman–Crippen MR) is 122 cm³/mol. The highest BCUT2D eigenvalue weighted by Gasteiger charge is 2.24. The zero-order valence-electron chi connectivity index (χ0n) is 16.7. The molecule has 8 nitrogen and oxygen atoms in total. The van der Waals surface area contributed by atoms with Crippen molar-refractivity contribution in [1.29, 1.82) is 0 Å². The molecule has 0 saturated carbocycles. The number of thioether (sulfide) groups is 1. The topological polar surface area (TPSA) is 106 Å². The van der Waals surface area contributed by atoms with Gasteiger partial charge in [0.25, 0.3) is 5.91 Å². The highest BCUT2D eigenvalue weighted by atomic mass is 79.9. The number of benzene rings is 2. The van der Waals surface area contributed by atoms with Crippen LogP contribution in [-0.2, 0) is 9.59 Å². The SMILES string of the molecule is CCOc1cc(/C=C2/SC(=Nc3ccc(OC)cc3)NC2=O)cc(Br)c1OCC(=O)O. The normalized spacial score (nSPS) is 15.8. The molecule has 1 aliphatic heterocycles. The molecule has 0 aromatic heterocycles. The van der Waals surface area contributed by atoms with Crippen LogP contribution in [0.15, 0.2) is 50.8 Å². The summed E-state index contributed by atoms with van der Waals surface area (Å²) in [5.74, 6) is 0.0251. The molecule has 10 heteroatoms. The monoisotopic (exact) mass is 506 g/mol. The van der Waals surface area contributed by atoms with Crippen molar-refractivity contribution in [2.45, 2.75) is 6.92 Å². The van der Waals surface area contributed by atoms with Crippen molar-refractivity contribution in [3.63, 3.8) is 0 Å². The van der Waals surface area contributed by atoms with Crippen LogP contribution in [0.4, 0.5) is 5.69 Å². The number of carboxylic acid groups (broad SMARTS) is 1. The number of hydrogen-bond donors (Lipinski definition) is 2. The average molecular weight is 507 g/mol. The average Bonchev–Trinajstić information content (AvgIpc) is 3.06. The number of carboxylic acids is 1. The van der Waals surface area contributed by atoms with Crippen molar-refractivity contribution in [2.24, 2.45) is 4.99 Å². The van der Waals surface area contributed by atoms with E-state index in [1.165, 1.54) is 11.8 Å². The molecule has 1 heterocycles. The second-order valence-electron chi connectivity index (χ2n) is 6.13. The lowest BCUT2D eigenvalue weighted by atomic mass is 10.2. The third-order valence-corrected chi connectivity index (χ3v) is 5.42. The summed E-state index contributed by atoms with van der Waals surface area (Å²) in [4.78, 5) is 28.1. The quantitative estimate of drug-likeness (QED) is 0.516. The summed E-state index contributed by atoms with van der Waals surface area (Å²) in [6.45, 7) is 1.68. The van der Waals surface area contributed by atoms with E-state index >= 15 is 0 Å². The molecule has 0 bridgehead atoms. The van der Waals surface area contributed by atoms with Crippen LogP contribution < -0.4 is 19.5 Å². The number of nitrogens with zero attached hydrogens (tertiary/aromatic N) is 1. The molecular formula is C21H19BrN2O6S. The van der Waals surface area contributed by atoms with Gasteiger partial charge in [0.1, 0.15) is 5.75 Å². The molecule has 0 unspecified atom stereocenters. The Morgan fingerprint density at radius 1 is 1.26 bits per heavy atom. The lowest BCUT2D eigenvalue weighted by Gasteiger charge is -2.13. The van der Waals surface area contributed by atoms with Crippen molar-refractivity contribution >= 4 is 56.5 Å². The van der Waals surface area contributed by atoms with E-state index in [4.69, 9.17) is 19.3 Å². The number of carbonyl (C=O) groups excluding carboxylic acids is 1. The van der Waals surface area contributed by atoms with Gasteiger partial charge in [0.2, 0.25) is 0 Å². The number of amides is 1. The van der Waals surface area contributed by atoms with Gasteiger partial charge < -0.3 is 24.6 Å². The number of aliphatic imine (C=N–C) groups is 1. The van der Waals surface area contributed by atoms with E-state index in [1.54, 1.807) is 49.6 Å². The highest BCUT2D eigenvalue weighted by Crippen LogP contribution is 2.38. The second-order valence-corrected chi connectivity index (χ2v) is 8.01. The number of halogens is 1. The Kier molecular flexibility index (Phi) is 7.59. The number of nitrogens with one attached hydrogen (secondary N) is 1.